The monoisotopic (exact) mass is 509 g/mol. The van der Waals surface area contributed by atoms with Crippen LogP contribution in [0.25, 0.3) is 0 Å². The van der Waals surface area contributed by atoms with Crippen LogP contribution in [0.3, 0.4) is 0 Å². The van der Waals surface area contributed by atoms with Crippen molar-refractivity contribution in [2.24, 2.45) is 0 Å². The van der Waals surface area contributed by atoms with Crippen LogP contribution in [0.5, 0.6) is 0 Å². The van der Waals surface area contributed by atoms with E-state index in [1.165, 1.54) is 0 Å². The summed E-state index contributed by atoms with van der Waals surface area (Å²) in [6.07, 6.45) is 1.91. The summed E-state index contributed by atoms with van der Waals surface area (Å²) in [5, 5.41) is 23.2. The van der Waals surface area contributed by atoms with Gasteiger partial charge in [0.2, 0.25) is 0 Å². The third-order valence-corrected chi connectivity index (χ3v) is 7.77. The van der Waals surface area contributed by atoms with Crippen molar-refractivity contribution < 1.29 is 9.90 Å². The van der Waals surface area contributed by atoms with E-state index in [4.69, 9.17) is 0 Å². The Morgan fingerprint density at radius 2 is 1.74 bits per heavy atom. The highest BCUT2D eigenvalue weighted by Crippen LogP contribution is 2.27. The van der Waals surface area contributed by atoms with E-state index in [0.29, 0.717) is 36.8 Å². The molecule has 0 saturated carbocycles. The number of nitriles is 1. The molecular weight excluding hydrogens is 474 g/mol. The van der Waals surface area contributed by atoms with Gasteiger partial charge < -0.3 is 25.1 Å². The molecule has 3 aromatic rings. The molecule has 38 heavy (non-hydrogen) atoms. The maximum atomic E-state index is 13.6. The van der Waals surface area contributed by atoms with Gasteiger partial charge in [0.1, 0.15) is 6.07 Å². The van der Waals surface area contributed by atoms with E-state index < -0.39 is 0 Å². The maximum Gasteiger partial charge on any atom is 0.254 e. The number of piperazine rings is 1. The van der Waals surface area contributed by atoms with Crippen LogP contribution in [0.15, 0.2) is 72.8 Å². The van der Waals surface area contributed by atoms with Crippen LogP contribution < -0.4 is 15.1 Å². The maximum absolute atomic E-state index is 13.6. The number of anilines is 3. The molecule has 5 rings (SSSR count). The Bertz CT molecular complexity index is 1300. The van der Waals surface area contributed by atoms with E-state index in [2.05, 4.69) is 21.2 Å². The molecule has 3 aromatic carbocycles. The van der Waals surface area contributed by atoms with Crippen LogP contribution in [0.2, 0.25) is 0 Å². The lowest BCUT2D eigenvalue weighted by Gasteiger charge is -2.42. The number of benzene rings is 3. The number of aliphatic hydroxyl groups excluding tert-OH is 1. The third-order valence-electron chi connectivity index (χ3n) is 7.77. The third kappa shape index (κ3) is 5.46. The Kier molecular flexibility index (Phi) is 7.81. The molecule has 2 N–H and O–H groups in total. The van der Waals surface area contributed by atoms with Crippen LogP contribution in [0, 0.1) is 18.3 Å². The number of carbonyl (C=O) groups excluding carboxylic acids is 1. The van der Waals surface area contributed by atoms with Crippen molar-refractivity contribution in [2.75, 3.05) is 54.4 Å². The van der Waals surface area contributed by atoms with Crippen molar-refractivity contribution in [3.63, 3.8) is 0 Å². The average molecular weight is 510 g/mol. The quantitative estimate of drug-likeness (QED) is 0.517. The second-order valence-corrected chi connectivity index (χ2v) is 10.2. The van der Waals surface area contributed by atoms with Gasteiger partial charge >= 0.3 is 0 Å². The summed E-state index contributed by atoms with van der Waals surface area (Å²) in [6.45, 7) is 5.52. The molecule has 0 bridgehead atoms. The van der Waals surface area contributed by atoms with Gasteiger partial charge in [0.05, 0.1) is 23.9 Å². The van der Waals surface area contributed by atoms with E-state index in [-0.39, 0.29) is 18.6 Å². The molecule has 2 aliphatic heterocycles. The minimum absolute atomic E-state index is 0.00318. The van der Waals surface area contributed by atoms with E-state index in [1.54, 1.807) is 0 Å². The second kappa shape index (κ2) is 11.6. The number of para-hydroxylation sites is 2. The average Bonchev–Trinajstić information content (AvgIpc) is 2.98. The number of nitrogens with zero attached hydrogens (tertiary/aromatic N) is 4. The minimum Gasteiger partial charge on any atom is -0.394 e. The molecule has 2 heterocycles. The normalized spacial score (nSPS) is 18.2. The van der Waals surface area contributed by atoms with Gasteiger partial charge in [-0.25, -0.2) is 0 Å². The van der Waals surface area contributed by atoms with Crippen LogP contribution >= 0.6 is 0 Å². The Morgan fingerprint density at radius 1 is 1.00 bits per heavy atom. The van der Waals surface area contributed by atoms with Gasteiger partial charge in [0.25, 0.3) is 5.91 Å². The number of hydrogen-bond acceptors (Lipinski definition) is 6. The van der Waals surface area contributed by atoms with Gasteiger partial charge in [-0.05, 0) is 61.7 Å². The van der Waals surface area contributed by atoms with Crippen LogP contribution in [-0.2, 0) is 0 Å². The minimum atomic E-state index is -0.131. The first kappa shape index (κ1) is 25.6. The molecule has 0 spiro atoms. The molecule has 0 aliphatic carbocycles. The van der Waals surface area contributed by atoms with E-state index in [9.17, 15) is 15.2 Å². The first-order valence-electron chi connectivity index (χ1n) is 13.4. The van der Waals surface area contributed by atoms with Crippen molar-refractivity contribution in [3.05, 3.63) is 89.5 Å². The van der Waals surface area contributed by atoms with Crippen molar-refractivity contribution >= 4 is 23.0 Å². The standard InChI is InChI=1S/C31H35N5O2/c1-23-11-12-26(33-25-13-15-34(16-14-25)30-10-6-5-7-24(30)20-32)19-29(23)31(38)35-17-18-36(28(21-35)22-37)27-8-3-2-4-9-27/h2-12,19,25,28,33,37H,13-18,21-22H2,1H3/t28-/m1/s1. The number of piperidine rings is 1. The summed E-state index contributed by atoms with van der Waals surface area (Å²) in [5.74, 6) is 0.0141. The fourth-order valence-electron chi connectivity index (χ4n) is 5.61. The molecule has 1 atom stereocenters. The summed E-state index contributed by atoms with van der Waals surface area (Å²) >= 11 is 0. The Balaban J connectivity index is 1.22. The molecular formula is C31H35N5O2. The van der Waals surface area contributed by atoms with Crippen molar-refractivity contribution in [2.45, 2.75) is 31.8 Å². The fraction of sp³-hybridized carbons (Fsp3) is 0.355. The first-order chi connectivity index (χ1) is 18.6. The van der Waals surface area contributed by atoms with Gasteiger partial charge in [0.15, 0.2) is 0 Å². The molecule has 7 heteroatoms. The number of rotatable bonds is 6. The SMILES string of the molecule is Cc1ccc(NC2CCN(c3ccccc3C#N)CC2)cc1C(=O)N1CCN(c2ccccc2)[C@@H](CO)C1. The number of nitrogens with one attached hydrogen (secondary N) is 1. The molecule has 196 valence electrons. The fourth-order valence-corrected chi connectivity index (χ4v) is 5.61. The van der Waals surface area contributed by atoms with Crippen molar-refractivity contribution in [1.82, 2.24) is 4.90 Å². The molecule has 2 saturated heterocycles. The Hall–Kier alpha value is -4.02. The largest absolute Gasteiger partial charge is 0.394 e. The summed E-state index contributed by atoms with van der Waals surface area (Å²) in [5.41, 5.74) is 5.41. The first-order valence-corrected chi connectivity index (χ1v) is 13.4. The van der Waals surface area contributed by atoms with E-state index in [1.807, 2.05) is 84.6 Å². The second-order valence-electron chi connectivity index (χ2n) is 10.2. The van der Waals surface area contributed by atoms with E-state index >= 15 is 0 Å². The zero-order chi connectivity index (χ0) is 26.5. The summed E-state index contributed by atoms with van der Waals surface area (Å²) in [4.78, 5) is 19.9. The van der Waals surface area contributed by atoms with Crippen molar-refractivity contribution in [1.29, 1.82) is 5.26 Å². The molecule has 1 amide bonds. The summed E-state index contributed by atoms with van der Waals surface area (Å²) in [7, 11) is 0. The molecule has 2 aliphatic rings. The predicted octanol–water partition coefficient (Wildman–Crippen LogP) is 4.27. The number of aliphatic hydroxyl groups is 1. The van der Waals surface area contributed by atoms with Gasteiger partial charge in [-0.3, -0.25) is 4.79 Å². The van der Waals surface area contributed by atoms with Gasteiger partial charge in [-0.15, -0.1) is 0 Å². The lowest BCUT2D eigenvalue weighted by atomic mass is 10.0. The number of aryl methyl sites for hydroxylation is 1. The summed E-state index contributed by atoms with van der Waals surface area (Å²) < 4.78 is 0. The van der Waals surface area contributed by atoms with Crippen molar-refractivity contribution in [3.8, 4) is 6.07 Å². The van der Waals surface area contributed by atoms with Gasteiger partial charge in [0, 0.05) is 55.7 Å². The zero-order valence-corrected chi connectivity index (χ0v) is 21.9. The molecule has 0 unspecified atom stereocenters. The van der Waals surface area contributed by atoms with Gasteiger partial charge in [-0.2, -0.15) is 5.26 Å². The highest BCUT2D eigenvalue weighted by atomic mass is 16.3. The van der Waals surface area contributed by atoms with E-state index in [0.717, 1.165) is 48.6 Å². The molecule has 0 radical (unpaired) electrons. The van der Waals surface area contributed by atoms with Crippen LogP contribution in [0.4, 0.5) is 17.1 Å². The van der Waals surface area contributed by atoms with Gasteiger partial charge in [-0.1, -0.05) is 36.4 Å². The highest BCUT2D eigenvalue weighted by Gasteiger charge is 2.30. The van der Waals surface area contributed by atoms with Crippen LogP contribution in [-0.4, -0.2) is 67.3 Å². The molecule has 2 fully saturated rings. The highest BCUT2D eigenvalue weighted by molar-refractivity contribution is 5.96. The lowest BCUT2D eigenvalue weighted by Crippen LogP contribution is -2.56. The predicted molar refractivity (Wildman–Crippen MR) is 152 cm³/mol. The smallest absolute Gasteiger partial charge is 0.254 e. The summed E-state index contributed by atoms with van der Waals surface area (Å²) in [6, 6.07) is 26.4. The lowest BCUT2D eigenvalue weighted by molar-refractivity contribution is 0.0698. The number of carbonyl (C=O) groups is 1. The number of hydrogen-bond donors (Lipinski definition) is 2. The van der Waals surface area contributed by atoms with Crippen LogP contribution in [0.1, 0.15) is 34.3 Å². The topological polar surface area (TPSA) is 82.8 Å². The molecule has 0 aromatic heterocycles. The zero-order valence-electron chi connectivity index (χ0n) is 21.9. The molecule has 7 nitrogen and oxygen atoms in total. The Morgan fingerprint density at radius 3 is 2.47 bits per heavy atom. The number of amides is 1. The Labute approximate surface area is 224 Å².